The molecule has 5 nitrogen and oxygen atoms in total. The largest absolute Gasteiger partial charge is 0.468 e. The molecule has 0 amide bonds. The molecule has 0 unspecified atom stereocenters. The Bertz CT molecular complexity index is 345. The highest BCUT2D eigenvalue weighted by Crippen LogP contribution is 2.33. The zero-order valence-corrected chi connectivity index (χ0v) is 9.42. The summed E-state index contributed by atoms with van der Waals surface area (Å²) in [4.78, 5) is 11.3. The van der Waals surface area contributed by atoms with Gasteiger partial charge < -0.3 is 4.74 Å². The normalized spacial score (nSPS) is 18.2. The van der Waals surface area contributed by atoms with Crippen LogP contribution < -0.4 is 4.72 Å². The van der Waals surface area contributed by atoms with Crippen LogP contribution in [0.15, 0.2) is 12.0 Å². The predicted molar refractivity (Wildman–Crippen MR) is 55.4 cm³/mol. The fourth-order valence-corrected chi connectivity index (χ4v) is 1.95. The summed E-state index contributed by atoms with van der Waals surface area (Å²) in [7, 11) is -2.34. The van der Waals surface area contributed by atoms with E-state index in [9.17, 15) is 13.2 Å². The molecule has 0 aromatic rings. The van der Waals surface area contributed by atoms with E-state index in [1.807, 2.05) is 0 Å². The summed E-state index contributed by atoms with van der Waals surface area (Å²) in [6, 6.07) is -0.787. The molecule has 0 aliphatic heterocycles. The van der Waals surface area contributed by atoms with Gasteiger partial charge in [-0.25, -0.2) is 8.42 Å². The molecular formula is C9H15NO4S. The first-order chi connectivity index (χ1) is 6.98. The lowest BCUT2D eigenvalue weighted by Gasteiger charge is -2.14. The van der Waals surface area contributed by atoms with Gasteiger partial charge >= 0.3 is 5.97 Å². The van der Waals surface area contributed by atoms with Gasteiger partial charge in [0.1, 0.15) is 6.04 Å². The number of hydrogen-bond acceptors (Lipinski definition) is 4. The maximum absolute atomic E-state index is 11.3. The van der Waals surface area contributed by atoms with E-state index in [0.29, 0.717) is 12.3 Å². The number of rotatable bonds is 6. The van der Waals surface area contributed by atoms with E-state index >= 15 is 0 Å². The van der Waals surface area contributed by atoms with Crippen LogP contribution in [0, 0.1) is 5.92 Å². The topological polar surface area (TPSA) is 72.5 Å². The van der Waals surface area contributed by atoms with E-state index in [2.05, 4.69) is 16.0 Å². The molecule has 15 heavy (non-hydrogen) atoms. The maximum atomic E-state index is 11.3. The highest BCUT2D eigenvalue weighted by Gasteiger charge is 2.31. The average molecular weight is 233 g/mol. The predicted octanol–water partition coefficient (Wildman–Crippen LogP) is 0.391. The Balaban J connectivity index is 2.62. The summed E-state index contributed by atoms with van der Waals surface area (Å²) >= 11 is 0. The Kier molecular flexibility index (Phi) is 3.87. The SMILES string of the molecule is C=CS(=O)(=O)N[C@H](CC1CC1)C(=O)OC. The summed E-state index contributed by atoms with van der Waals surface area (Å²) in [5.41, 5.74) is 0. The molecule has 0 saturated heterocycles. The number of sulfonamides is 1. The van der Waals surface area contributed by atoms with Gasteiger partial charge in [0.05, 0.1) is 7.11 Å². The number of carbonyl (C=O) groups is 1. The summed E-state index contributed by atoms with van der Waals surface area (Å²) in [5.74, 6) is -0.117. The third-order valence-corrected chi connectivity index (χ3v) is 3.33. The van der Waals surface area contributed by atoms with Gasteiger partial charge in [0.25, 0.3) is 0 Å². The third kappa shape index (κ3) is 4.01. The number of methoxy groups -OCH3 is 1. The van der Waals surface area contributed by atoms with Crippen LogP contribution in [-0.4, -0.2) is 27.5 Å². The lowest BCUT2D eigenvalue weighted by molar-refractivity contribution is -0.142. The van der Waals surface area contributed by atoms with Crippen molar-refractivity contribution >= 4 is 16.0 Å². The third-order valence-electron chi connectivity index (χ3n) is 2.28. The Morgan fingerprint density at radius 1 is 1.67 bits per heavy atom. The van der Waals surface area contributed by atoms with Crippen molar-refractivity contribution in [1.82, 2.24) is 4.72 Å². The van der Waals surface area contributed by atoms with Gasteiger partial charge in [-0.15, -0.1) is 0 Å². The van der Waals surface area contributed by atoms with E-state index in [4.69, 9.17) is 0 Å². The van der Waals surface area contributed by atoms with Crippen molar-refractivity contribution in [2.75, 3.05) is 7.11 Å². The van der Waals surface area contributed by atoms with Gasteiger partial charge in [0, 0.05) is 5.41 Å². The molecule has 1 N–H and O–H groups in total. The van der Waals surface area contributed by atoms with Crippen LogP contribution >= 0.6 is 0 Å². The van der Waals surface area contributed by atoms with Gasteiger partial charge in [0.15, 0.2) is 0 Å². The highest BCUT2D eigenvalue weighted by molar-refractivity contribution is 7.92. The van der Waals surface area contributed by atoms with Crippen LogP contribution in [-0.2, 0) is 19.6 Å². The van der Waals surface area contributed by atoms with Gasteiger partial charge in [-0.1, -0.05) is 19.4 Å². The lowest BCUT2D eigenvalue weighted by atomic mass is 10.1. The summed E-state index contributed by atoms with van der Waals surface area (Å²) in [6.07, 6.45) is 2.59. The molecule has 1 aliphatic rings. The summed E-state index contributed by atoms with van der Waals surface area (Å²) in [5, 5.41) is 0.788. The molecule has 86 valence electrons. The van der Waals surface area contributed by atoms with Crippen LogP contribution in [0.2, 0.25) is 0 Å². The Morgan fingerprint density at radius 3 is 2.67 bits per heavy atom. The molecular weight excluding hydrogens is 218 g/mol. The molecule has 0 heterocycles. The molecule has 0 bridgehead atoms. The van der Waals surface area contributed by atoms with Crippen molar-refractivity contribution in [3.05, 3.63) is 12.0 Å². The molecule has 0 radical (unpaired) electrons. The molecule has 1 rings (SSSR count). The molecule has 1 aliphatic carbocycles. The average Bonchev–Trinajstić information content (AvgIpc) is 2.99. The quantitative estimate of drug-likeness (QED) is 0.674. The molecule has 1 atom stereocenters. The number of nitrogens with one attached hydrogen (secondary N) is 1. The standard InChI is InChI=1S/C9H15NO4S/c1-3-15(12,13)10-8(9(11)14-2)6-7-4-5-7/h3,7-8,10H,1,4-6H2,2H3/t8-/m1/s1. The first-order valence-electron chi connectivity index (χ1n) is 4.71. The number of esters is 1. The smallest absolute Gasteiger partial charge is 0.323 e. The minimum atomic E-state index is -3.58. The second kappa shape index (κ2) is 4.76. The fourth-order valence-electron chi connectivity index (χ4n) is 1.27. The van der Waals surface area contributed by atoms with Crippen molar-refractivity contribution in [3.8, 4) is 0 Å². The van der Waals surface area contributed by atoms with Crippen LogP contribution in [0.5, 0.6) is 0 Å². The zero-order valence-electron chi connectivity index (χ0n) is 8.60. The lowest BCUT2D eigenvalue weighted by Crippen LogP contribution is -2.40. The van der Waals surface area contributed by atoms with Crippen LogP contribution in [0.4, 0.5) is 0 Å². The van der Waals surface area contributed by atoms with E-state index in [1.54, 1.807) is 0 Å². The Morgan fingerprint density at radius 2 is 2.27 bits per heavy atom. The van der Waals surface area contributed by atoms with Crippen LogP contribution in [0.25, 0.3) is 0 Å². The van der Waals surface area contributed by atoms with E-state index < -0.39 is 22.0 Å². The van der Waals surface area contributed by atoms with E-state index in [1.165, 1.54) is 7.11 Å². The number of hydrogen-bond donors (Lipinski definition) is 1. The molecule has 0 spiro atoms. The van der Waals surface area contributed by atoms with Crippen LogP contribution in [0.1, 0.15) is 19.3 Å². The molecule has 0 aromatic carbocycles. The van der Waals surface area contributed by atoms with Gasteiger partial charge in [0.2, 0.25) is 10.0 Å². The number of carbonyl (C=O) groups excluding carboxylic acids is 1. The van der Waals surface area contributed by atoms with Gasteiger partial charge in [-0.2, -0.15) is 4.72 Å². The summed E-state index contributed by atoms with van der Waals surface area (Å²) in [6.45, 7) is 3.16. The van der Waals surface area contributed by atoms with Gasteiger partial charge in [-0.05, 0) is 12.3 Å². The molecule has 1 saturated carbocycles. The monoisotopic (exact) mass is 233 g/mol. The zero-order chi connectivity index (χ0) is 11.5. The van der Waals surface area contributed by atoms with E-state index in [0.717, 1.165) is 18.2 Å². The summed E-state index contributed by atoms with van der Waals surface area (Å²) < 4.78 is 29.2. The molecule has 6 heteroatoms. The number of ether oxygens (including phenoxy) is 1. The Hall–Kier alpha value is -0.880. The molecule has 1 fully saturated rings. The minimum absolute atomic E-state index is 0.432. The van der Waals surface area contributed by atoms with Crippen molar-refractivity contribution < 1.29 is 17.9 Å². The van der Waals surface area contributed by atoms with Crippen molar-refractivity contribution in [3.63, 3.8) is 0 Å². The van der Waals surface area contributed by atoms with Gasteiger partial charge in [-0.3, -0.25) is 4.79 Å². The maximum Gasteiger partial charge on any atom is 0.323 e. The van der Waals surface area contributed by atoms with Crippen LogP contribution in [0.3, 0.4) is 0 Å². The first kappa shape index (κ1) is 12.2. The second-order valence-electron chi connectivity index (χ2n) is 3.58. The minimum Gasteiger partial charge on any atom is -0.468 e. The Labute approximate surface area is 89.5 Å². The molecule has 0 aromatic heterocycles. The first-order valence-corrected chi connectivity index (χ1v) is 6.25. The van der Waals surface area contributed by atoms with Crippen molar-refractivity contribution in [2.45, 2.75) is 25.3 Å². The van der Waals surface area contributed by atoms with E-state index in [-0.39, 0.29) is 0 Å². The fraction of sp³-hybridized carbons (Fsp3) is 0.667. The van der Waals surface area contributed by atoms with Crippen molar-refractivity contribution in [1.29, 1.82) is 0 Å². The second-order valence-corrected chi connectivity index (χ2v) is 5.24. The highest BCUT2D eigenvalue weighted by atomic mass is 32.2. The van der Waals surface area contributed by atoms with Crippen molar-refractivity contribution in [2.24, 2.45) is 5.92 Å².